The molecule has 0 aliphatic heterocycles. The highest BCUT2D eigenvalue weighted by molar-refractivity contribution is 14.1. The van der Waals surface area contributed by atoms with E-state index < -0.39 is 12.1 Å². The number of ether oxygens (including phenoxy) is 2. The van der Waals surface area contributed by atoms with Gasteiger partial charge in [-0.15, -0.1) is 0 Å². The highest BCUT2D eigenvalue weighted by Gasteiger charge is 2.17. The van der Waals surface area contributed by atoms with Crippen LogP contribution in [0.1, 0.15) is 34.1 Å². The molecule has 1 atom stereocenters. The second-order valence-electron chi connectivity index (χ2n) is 6.29. The minimum Gasteiger partial charge on any atom is -0.479 e. The first-order chi connectivity index (χ1) is 12.9. The van der Waals surface area contributed by atoms with Crippen molar-refractivity contribution in [1.82, 2.24) is 0 Å². The molecule has 1 unspecified atom stereocenters. The van der Waals surface area contributed by atoms with Crippen LogP contribution in [0.15, 0.2) is 53.7 Å². The first-order valence-corrected chi connectivity index (χ1v) is 9.94. The van der Waals surface area contributed by atoms with E-state index in [0.29, 0.717) is 11.5 Å². The number of hydrogen-bond acceptors (Lipinski definition) is 5. The fourth-order valence-corrected chi connectivity index (χ4v) is 2.59. The Kier molecular flexibility index (Phi) is 8.09. The number of carbonyl (C=O) groups excluding carboxylic acids is 1. The summed E-state index contributed by atoms with van der Waals surface area (Å²) in [4.78, 5) is 17.0. The average molecular weight is 481 g/mol. The molecule has 5 nitrogen and oxygen atoms in total. The standard InChI is InChI=1S/C21H24INO4/c1-5-20(14(2)3)23-27-21(24)15(4)25-17-10-12-19(13-11-17)26-18-8-6-16(22)7-9-18/h6-15H,5H2,1-4H3. The minimum atomic E-state index is -0.762. The van der Waals surface area contributed by atoms with Gasteiger partial charge < -0.3 is 14.3 Å². The summed E-state index contributed by atoms with van der Waals surface area (Å²) in [6.07, 6.45) is -0.0237. The Balaban J connectivity index is 1.91. The Hall–Kier alpha value is -2.09. The van der Waals surface area contributed by atoms with Gasteiger partial charge in [0.2, 0.25) is 0 Å². The third-order valence-corrected chi connectivity index (χ3v) is 4.52. The molecule has 0 amide bonds. The maximum atomic E-state index is 12.0. The quantitative estimate of drug-likeness (QED) is 0.207. The van der Waals surface area contributed by atoms with Crippen LogP contribution in [0, 0.1) is 9.49 Å². The third-order valence-electron chi connectivity index (χ3n) is 3.80. The third kappa shape index (κ3) is 6.86. The number of benzene rings is 2. The van der Waals surface area contributed by atoms with Crippen LogP contribution in [0.5, 0.6) is 17.2 Å². The van der Waals surface area contributed by atoms with Gasteiger partial charge in [-0.2, -0.15) is 0 Å². The molecule has 0 radical (unpaired) electrons. The molecule has 144 valence electrons. The van der Waals surface area contributed by atoms with Gasteiger partial charge in [-0.3, -0.25) is 0 Å². The lowest BCUT2D eigenvalue weighted by molar-refractivity contribution is -0.151. The SMILES string of the molecule is CCC(=NOC(=O)C(C)Oc1ccc(Oc2ccc(I)cc2)cc1)C(C)C. The number of hydrogen-bond donors (Lipinski definition) is 0. The van der Waals surface area contributed by atoms with E-state index in [-0.39, 0.29) is 5.92 Å². The molecule has 0 spiro atoms. The summed E-state index contributed by atoms with van der Waals surface area (Å²) in [6.45, 7) is 7.63. The molecule has 0 aliphatic carbocycles. The van der Waals surface area contributed by atoms with E-state index in [0.717, 1.165) is 21.5 Å². The molecule has 0 aromatic heterocycles. The summed E-state index contributed by atoms with van der Waals surface area (Å²) >= 11 is 2.24. The molecule has 27 heavy (non-hydrogen) atoms. The van der Waals surface area contributed by atoms with Gasteiger partial charge in [0.25, 0.3) is 0 Å². The predicted molar refractivity (Wildman–Crippen MR) is 114 cm³/mol. The molecule has 0 saturated carbocycles. The summed E-state index contributed by atoms with van der Waals surface area (Å²) in [7, 11) is 0. The first-order valence-electron chi connectivity index (χ1n) is 8.86. The number of nitrogens with zero attached hydrogens (tertiary/aromatic N) is 1. The van der Waals surface area contributed by atoms with Gasteiger partial charge in [0, 0.05) is 3.57 Å². The molecule has 0 aliphatic rings. The van der Waals surface area contributed by atoms with Crippen LogP contribution in [0.25, 0.3) is 0 Å². The Morgan fingerprint density at radius 3 is 2.00 bits per heavy atom. The fourth-order valence-electron chi connectivity index (χ4n) is 2.23. The van der Waals surface area contributed by atoms with Crippen molar-refractivity contribution in [2.45, 2.75) is 40.2 Å². The van der Waals surface area contributed by atoms with Crippen molar-refractivity contribution in [2.75, 3.05) is 0 Å². The topological polar surface area (TPSA) is 57.1 Å². The van der Waals surface area contributed by atoms with Crippen LogP contribution in [0.4, 0.5) is 0 Å². The molecule has 0 bridgehead atoms. The summed E-state index contributed by atoms with van der Waals surface area (Å²) in [5.74, 6) is 1.71. The molecule has 0 saturated heterocycles. The highest BCUT2D eigenvalue weighted by atomic mass is 127. The minimum absolute atomic E-state index is 0.236. The number of oxime groups is 1. The zero-order chi connectivity index (χ0) is 19.8. The van der Waals surface area contributed by atoms with E-state index >= 15 is 0 Å². The smallest absolute Gasteiger partial charge is 0.374 e. The van der Waals surface area contributed by atoms with Crippen molar-refractivity contribution >= 4 is 34.3 Å². The fraction of sp³-hybridized carbons (Fsp3) is 0.333. The van der Waals surface area contributed by atoms with Gasteiger partial charge >= 0.3 is 5.97 Å². The summed E-state index contributed by atoms with van der Waals surface area (Å²) in [5, 5.41) is 3.94. The van der Waals surface area contributed by atoms with Gasteiger partial charge in [0.15, 0.2) is 6.10 Å². The molecular formula is C21H24INO4. The Morgan fingerprint density at radius 2 is 1.48 bits per heavy atom. The lowest BCUT2D eigenvalue weighted by atomic mass is 10.1. The maximum absolute atomic E-state index is 12.0. The van der Waals surface area contributed by atoms with Gasteiger partial charge in [-0.25, -0.2) is 4.79 Å². The van der Waals surface area contributed by atoms with E-state index in [1.165, 1.54) is 0 Å². The van der Waals surface area contributed by atoms with Crippen molar-refractivity contribution in [3.8, 4) is 17.2 Å². The van der Waals surface area contributed by atoms with Crippen molar-refractivity contribution in [2.24, 2.45) is 11.1 Å². The molecule has 0 heterocycles. The van der Waals surface area contributed by atoms with Gasteiger partial charge in [0.05, 0.1) is 5.71 Å². The van der Waals surface area contributed by atoms with E-state index in [1.807, 2.05) is 45.0 Å². The van der Waals surface area contributed by atoms with Crippen molar-refractivity contribution in [1.29, 1.82) is 0 Å². The number of carbonyl (C=O) groups is 1. The van der Waals surface area contributed by atoms with E-state index in [4.69, 9.17) is 14.3 Å². The maximum Gasteiger partial charge on any atom is 0.374 e. The number of rotatable bonds is 8. The van der Waals surface area contributed by atoms with Crippen LogP contribution < -0.4 is 9.47 Å². The van der Waals surface area contributed by atoms with Crippen molar-refractivity contribution in [3.63, 3.8) is 0 Å². The molecule has 2 aromatic carbocycles. The van der Waals surface area contributed by atoms with Gasteiger partial charge in [-0.1, -0.05) is 25.9 Å². The van der Waals surface area contributed by atoms with E-state index in [2.05, 4.69) is 27.7 Å². The first kappa shape index (κ1) is 21.2. The Labute approximate surface area is 173 Å². The zero-order valence-corrected chi connectivity index (χ0v) is 18.1. The molecule has 0 fully saturated rings. The lowest BCUT2D eigenvalue weighted by Gasteiger charge is -2.13. The normalized spacial score (nSPS) is 12.6. The summed E-state index contributed by atoms with van der Waals surface area (Å²) in [5.41, 5.74) is 0.840. The Morgan fingerprint density at radius 1 is 0.963 bits per heavy atom. The second kappa shape index (κ2) is 10.3. The second-order valence-corrected chi connectivity index (χ2v) is 7.53. The van der Waals surface area contributed by atoms with Crippen LogP contribution in [0.3, 0.4) is 0 Å². The summed E-state index contributed by atoms with van der Waals surface area (Å²) in [6, 6.07) is 14.9. The largest absolute Gasteiger partial charge is 0.479 e. The zero-order valence-electron chi connectivity index (χ0n) is 15.9. The average Bonchev–Trinajstić information content (AvgIpc) is 2.65. The van der Waals surface area contributed by atoms with Crippen molar-refractivity contribution < 1.29 is 19.1 Å². The molecule has 6 heteroatoms. The molecule has 2 rings (SSSR count). The van der Waals surface area contributed by atoms with Gasteiger partial charge in [-0.05, 0) is 90.4 Å². The van der Waals surface area contributed by atoms with E-state index in [1.54, 1.807) is 31.2 Å². The Bertz CT molecular complexity index is 770. The molecule has 0 N–H and O–H groups in total. The highest BCUT2D eigenvalue weighted by Crippen LogP contribution is 2.25. The van der Waals surface area contributed by atoms with E-state index in [9.17, 15) is 4.79 Å². The van der Waals surface area contributed by atoms with Crippen LogP contribution >= 0.6 is 22.6 Å². The number of halogens is 1. The van der Waals surface area contributed by atoms with Crippen LogP contribution in [-0.2, 0) is 9.63 Å². The predicted octanol–water partition coefficient (Wildman–Crippen LogP) is 5.82. The molecule has 2 aromatic rings. The molecular weight excluding hydrogens is 457 g/mol. The van der Waals surface area contributed by atoms with Crippen molar-refractivity contribution in [3.05, 3.63) is 52.1 Å². The van der Waals surface area contributed by atoms with Gasteiger partial charge in [0.1, 0.15) is 17.2 Å². The van der Waals surface area contributed by atoms with Crippen LogP contribution in [-0.4, -0.2) is 17.8 Å². The summed E-state index contributed by atoms with van der Waals surface area (Å²) < 4.78 is 12.5. The lowest BCUT2D eigenvalue weighted by Crippen LogP contribution is -2.25. The monoisotopic (exact) mass is 481 g/mol. The van der Waals surface area contributed by atoms with Crippen LogP contribution in [0.2, 0.25) is 0 Å².